The molecule has 1 aliphatic rings. The number of hydrogen-bond acceptors (Lipinski definition) is 3. The van der Waals surface area contributed by atoms with Crippen LogP contribution in [0.4, 0.5) is 9.52 Å². The number of alkyl halides is 1. The van der Waals surface area contributed by atoms with E-state index < -0.39 is 0 Å². The van der Waals surface area contributed by atoms with Gasteiger partial charge in [0.05, 0.1) is 15.6 Å². The molecule has 2 aromatic rings. The van der Waals surface area contributed by atoms with Gasteiger partial charge >= 0.3 is 0 Å². The zero-order valence-corrected chi connectivity index (χ0v) is 10.3. The Bertz CT molecular complexity index is 600. The molecule has 0 aliphatic carbocycles. The number of thiazole rings is 1. The van der Waals surface area contributed by atoms with E-state index in [1.165, 1.54) is 23.5 Å². The molecule has 1 unspecified atom stereocenters. The summed E-state index contributed by atoms with van der Waals surface area (Å²) in [7, 11) is 0. The number of anilines is 1. The molecule has 1 saturated heterocycles. The first-order valence-electron chi connectivity index (χ1n) is 5.14. The lowest BCUT2D eigenvalue weighted by atomic mass is 10.3. The van der Waals surface area contributed by atoms with Crippen molar-refractivity contribution in [3.8, 4) is 0 Å². The average Bonchev–Trinajstić information content (AvgIpc) is 2.80. The Morgan fingerprint density at radius 2 is 2.35 bits per heavy atom. The molecule has 88 valence electrons. The van der Waals surface area contributed by atoms with E-state index in [4.69, 9.17) is 11.6 Å². The van der Waals surface area contributed by atoms with Crippen LogP contribution in [0.3, 0.4) is 0 Å². The van der Waals surface area contributed by atoms with Crippen molar-refractivity contribution in [3.05, 3.63) is 24.0 Å². The van der Waals surface area contributed by atoms with Crippen molar-refractivity contribution in [2.75, 3.05) is 11.4 Å². The summed E-state index contributed by atoms with van der Waals surface area (Å²) in [6.45, 7) is 0.475. The van der Waals surface area contributed by atoms with Crippen LogP contribution in [-0.4, -0.2) is 22.8 Å². The highest BCUT2D eigenvalue weighted by Gasteiger charge is 2.31. The summed E-state index contributed by atoms with van der Waals surface area (Å²) >= 11 is 7.31. The lowest BCUT2D eigenvalue weighted by Crippen LogP contribution is -2.24. The maximum Gasteiger partial charge on any atom is 0.230 e. The van der Waals surface area contributed by atoms with Gasteiger partial charge in [-0.05, 0) is 12.1 Å². The molecule has 1 aliphatic heterocycles. The van der Waals surface area contributed by atoms with Gasteiger partial charge in [-0.25, -0.2) is 9.37 Å². The normalized spacial score (nSPS) is 20.5. The maximum atomic E-state index is 13.0. The Kier molecular flexibility index (Phi) is 2.52. The lowest BCUT2D eigenvalue weighted by molar-refractivity contribution is -0.117. The van der Waals surface area contributed by atoms with Gasteiger partial charge in [0.25, 0.3) is 0 Å². The van der Waals surface area contributed by atoms with Gasteiger partial charge in [-0.1, -0.05) is 11.3 Å². The molecule has 0 N–H and O–H groups in total. The van der Waals surface area contributed by atoms with Crippen LogP contribution in [0, 0.1) is 5.82 Å². The van der Waals surface area contributed by atoms with Crippen LogP contribution in [0.25, 0.3) is 10.2 Å². The van der Waals surface area contributed by atoms with Crippen LogP contribution in [-0.2, 0) is 4.79 Å². The molecule has 1 aromatic heterocycles. The lowest BCUT2D eigenvalue weighted by Gasteiger charge is -2.10. The van der Waals surface area contributed by atoms with Gasteiger partial charge in [0.1, 0.15) is 5.82 Å². The van der Waals surface area contributed by atoms with E-state index in [2.05, 4.69) is 4.98 Å². The van der Waals surface area contributed by atoms with Gasteiger partial charge in [0, 0.05) is 19.0 Å². The van der Waals surface area contributed by atoms with Gasteiger partial charge < -0.3 is 0 Å². The Hall–Kier alpha value is -1.20. The van der Waals surface area contributed by atoms with Crippen LogP contribution in [0.15, 0.2) is 18.2 Å². The summed E-state index contributed by atoms with van der Waals surface area (Å²) in [4.78, 5) is 17.5. The van der Waals surface area contributed by atoms with E-state index >= 15 is 0 Å². The fraction of sp³-hybridized carbons (Fsp3) is 0.273. The second kappa shape index (κ2) is 3.92. The second-order valence-corrected chi connectivity index (χ2v) is 5.54. The van der Waals surface area contributed by atoms with Crippen LogP contribution in [0.5, 0.6) is 0 Å². The smallest absolute Gasteiger partial charge is 0.230 e. The number of carbonyl (C=O) groups excluding carboxylic acids is 1. The van der Waals surface area contributed by atoms with Gasteiger partial charge in [-0.15, -0.1) is 11.6 Å². The molecular formula is C11H8ClFN2OS. The third kappa shape index (κ3) is 1.89. The largest absolute Gasteiger partial charge is 0.287 e. The summed E-state index contributed by atoms with van der Waals surface area (Å²) in [5, 5.41) is 0.435. The number of fused-ring (bicyclic) bond motifs is 1. The predicted octanol–water partition coefficient (Wildman–Crippen LogP) is 2.78. The number of carbonyl (C=O) groups is 1. The fourth-order valence-electron chi connectivity index (χ4n) is 1.85. The van der Waals surface area contributed by atoms with E-state index in [9.17, 15) is 9.18 Å². The molecule has 1 fully saturated rings. The van der Waals surface area contributed by atoms with Crippen LogP contribution < -0.4 is 4.90 Å². The monoisotopic (exact) mass is 270 g/mol. The number of aromatic nitrogens is 1. The summed E-state index contributed by atoms with van der Waals surface area (Å²) < 4.78 is 13.9. The average molecular weight is 271 g/mol. The van der Waals surface area contributed by atoms with Crippen molar-refractivity contribution in [2.24, 2.45) is 0 Å². The van der Waals surface area contributed by atoms with Crippen molar-refractivity contribution in [2.45, 2.75) is 11.8 Å². The molecule has 0 saturated carbocycles. The van der Waals surface area contributed by atoms with Gasteiger partial charge in [-0.2, -0.15) is 0 Å². The summed E-state index contributed by atoms with van der Waals surface area (Å²) in [6, 6.07) is 4.43. The zero-order chi connectivity index (χ0) is 12.0. The van der Waals surface area contributed by atoms with Crippen LogP contribution in [0.2, 0.25) is 0 Å². The summed E-state index contributed by atoms with van der Waals surface area (Å²) in [6.07, 6.45) is 0.339. The molecule has 3 nitrogen and oxygen atoms in total. The number of halogens is 2. The first-order chi connectivity index (χ1) is 8.13. The topological polar surface area (TPSA) is 33.2 Å². The molecule has 0 bridgehead atoms. The molecule has 1 amide bonds. The van der Waals surface area contributed by atoms with E-state index in [1.54, 1.807) is 11.0 Å². The molecule has 17 heavy (non-hydrogen) atoms. The first-order valence-corrected chi connectivity index (χ1v) is 6.39. The number of hydrogen-bond donors (Lipinski definition) is 0. The molecule has 2 heterocycles. The summed E-state index contributed by atoms with van der Waals surface area (Å²) in [5.41, 5.74) is 0.579. The van der Waals surface area contributed by atoms with E-state index in [0.29, 0.717) is 23.6 Å². The van der Waals surface area contributed by atoms with E-state index in [1.807, 2.05) is 0 Å². The second-order valence-electron chi connectivity index (χ2n) is 3.91. The molecule has 1 aromatic carbocycles. The van der Waals surface area contributed by atoms with Crippen molar-refractivity contribution in [1.29, 1.82) is 0 Å². The molecule has 6 heteroatoms. The molecule has 0 spiro atoms. The molecule has 0 radical (unpaired) electrons. The Balaban J connectivity index is 2.03. The van der Waals surface area contributed by atoms with Crippen LogP contribution in [0.1, 0.15) is 6.42 Å². The number of rotatable bonds is 1. The Morgan fingerprint density at radius 3 is 3.06 bits per heavy atom. The number of amides is 1. The van der Waals surface area contributed by atoms with Crippen molar-refractivity contribution < 1.29 is 9.18 Å². The van der Waals surface area contributed by atoms with Crippen molar-refractivity contribution in [3.63, 3.8) is 0 Å². The third-order valence-corrected chi connectivity index (χ3v) is 4.00. The van der Waals surface area contributed by atoms with Gasteiger partial charge in [0.2, 0.25) is 5.91 Å². The van der Waals surface area contributed by atoms with Crippen LogP contribution >= 0.6 is 22.9 Å². The highest BCUT2D eigenvalue weighted by atomic mass is 35.5. The fourth-order valence-corrected chi connectivity index (χ4v) is 3.10. The van der Waals surface area contributed by atoms with E-state index in [-0.39, 0.29) is 17.1 Å². The minimum atomic E-state index is -0.322. The maximum absolute atomic E-state index is 13.0. The van der Waals surface area contributed by atoms with Gasteiger partial charge in [-0.3, -0.25) is 9.69 Å². The predicted molar refractivity (Wildman–Crippen MR) is 66.2 cm³/mol. The Labute approximate surface area is 106 Å². The molecular weight excluding hydrogens is 263 g/mol. The molecule has 1 atom stereocenters. The third-order valence-electron chi connectivity index (χ3n) is 2.65. The highest BCUT2D eigenvalue weighted by molar-refractivity contribution is 7.22. The minimum Gasteiger partial charge on any atom is -0.287 e. The zero-order valence-electron chi connectivity index (χ0n) is 8.69. The molecule has 3 rings (SSSR count). The first kappa shape index (κ1) is 10.9. The minimum absolute atomic E-state index is 0.0236. The standard InChI is InChI=1S/C11H8ClFN2OS/c12-6-3-10(16)15(5-6)11-14-8-4-7(13)1-2-9(8)17-11/h1-2,4,6H,3,5H2. The van der Waals surface area contributed by atoms with Crippen molar-refractivity contribution in [1.82, 2.24) is 4.98 Å². The SMILES string of the molecule is O=C1CC(Cl)CN1c1nc2cc(F)ccc2s1. The number of nitrogens with zero attached hydrogens (tertiary/aromatic N) is 2. The number of benzene rings is 1. The quantitative estimate of drug-likeness (QED) is 0.747. The van der Waals surface area contributed by atoms with E-state index in [0.717, 1.165) is 4.70 Å². The van der Waals surface area contributed by atoms with Gasteiger partial charge in [0.15, 0.2) is 5.13 Å². The Morgan fingerprint density at radius 1 is 1.53 bits per heavy atom. The summed E-state index contributed by atoms with van der Waals surface area (Å²) in [5.74, 6) is -0.346. The van der Waals surface area contributed by atoms with Crippen molar-refractivity contribution >= 4 is 44.2 Å². The highest BCUT2D eigenvalue weighted by Crippen LogP contribution is 2.32.